The molecule has 244 valence electrons. The summed E-state index contributed by atoms with van der Waals surface area (Å²) in [7, 11) is 1.90. The number of carbonyl (C=O) groups excluding carboxylic acids is 2. The van der Waals surface area contributed by atoms with E-state index >= 15 is 0 Å². The number of rotatable bonds is 13. The molecule has 12 nitrogen and oxygen atoms in total. The highest BCUT2D eigenvalue weighted by Gasteiger charge is 2.43. The normalized spacial score (nSPS) is 20.4. The van der Waals surface area contributed by atoms with Crippen LogP contribution < -0.4 is 21.3 Å². The van der Waals surface area contributed by atoms with Crippen molar-refractivity contribution in [1.82, 2.24) is 35.8 Å². The van der Waals surface area contributed by atoms with Crippen LogP contribution in [0.1, 0.15) is 63.3 Å². The number of nitrogens with one attached hydrogen (secondary N) is 4. The molecule has 2 aliphatic rings. The molecule has 3 aromatic rings. The molecule has 2 saturated heterocycles. The number of hydrogen-bond donors (Lipinski definition) is 5. The summed E-state index contributed by atoms with van der Waals surface area (Å²) in [5.41, 5.74) is 2.97. The molecule has 5 rings (SSSR count). The van der Waals surface area contributed by atoms with Gasteiger partial charge in [0.1, 0.15) is 12.0 Å². The molecule has 5 N–H and O–H groups in total. The van der Waals surface area contributed by atoms with Crippen molar-refractivity contribution in [3.05, 3.63) is 53.9 Å². The molecule has 45 heavy (non-hydrogen) atoms. The highest BCUT2D eigenvalue weighted by molar-refractivity contribution is 5.91. The Hall–Kier alpha value is -3.74. The number of benzene rings is 1. The molecule has 0 radical (unpaired) electrons. The molecule has 1 aromatic carbocycles. The van der Waals surface area contributed by atoms with E-state index in [2.05, 4.69) is 31.5 Å². The van der Waals surface area contributed by atoms with Gasteiger partial charge in [-0.2, -0.15) is 5.10 Å². The number of hydrogen-bond acceptors (Lipinski definition) is 9. The third-order valence-electron chi connectivity index (χ3n) is 9.02. The minimum Gasteiger partial charge on any atom is -0.391 e. The number of aryl methyl sites for hydroxylation is 1. The van der Waals surface area contributed by atoms with Gasteiger partial charge in [-0.15, -0.1) is 0 Å². The van der Waals surface area contributed by atoms with E-state index < -0.39 is 18.1 Å². The first-order valence-corrected chi connectivity index (χ1v) is 16.2. The van der Waals surface area contributed by atoms with Gasteiger partial charge in [0.25, 0.3) is 0 Å². The Bertz CT molecular complexity index is 1400. The van der Waals surface area contributed by atoms with Gasteiger partial charge in [0.15, 0.2) is 11.6 Å². The number of nitrogens with zero attached hydrogens (tertiary/aromatic N) is 4. The number of aliphatic hydroxyl groups is 1. The molecule has 4 heterocycles. The van der Waals surface area contributed by atoms with Crippen LogP contribution >= 0.6 is 0 Å². The van der Waals surface area contributed by atoms with Crippen LogP contribution in [0.4, 0.5) is 5.82 Å². The van der Waals surface area contributed by atoms with Crippen molar-refractivity contribution >= 4 is 17.6 Å². The summed E-state index contributed by atoms with van der Waals surface area (Å²) in [5.74, 6) is 0.453. The monoisotopic (exact) mass is 620 g/mol. The van der Waals surface area contributed by atoms with Crippen molar-refractivity contribution in [2.45, 2.75) is 64.1 Å². The van der Waals surface area contributed by atoms with Gasteiger partial charge in [-0.05, 0) is 68.4 Å². The minimum atomic E-state index is -0.782. The van der Waals surface area contributed by atoms with Crippen LogP contribution in [0.25, 0.3) is 11.3 Å². The van der Waals surface area contributed by atoms with Gasteiger partial charge in [-0.1, -0.05) is 43.3 Å². The van der Waals surface area contributed by atoms with E-state index in [0.29, 0.717) is 24.0 Å². The second-order valence-corrected chi connectivity index (χ2v) is 12.7. The molecule has 12 heteroatoms. The van der Waals surface area contributed by atoms with E-state index in [0.717, 1.165) is 43.0 Å². The van der Waals surface area contributed by atoms with Gasteiger partial charge < -0.3 is 35.8 Å². The molecular formula is C33H48N8O4. The van der Waals surface area contributed by atoms with Crippen LogP contribution in [0.2, 0.25) is 0 Å². The van der Waals surface area contributed by atoms with Crippen molar-refractivity contribution in [1.29, 1.82) is 0 Å². The van der Waals surface area contributed by atoms with E-state index in [-0.39, 0.29) is 36.7 Å². The first-order valence-electron chi connectivity index (χ1n) is 16.2. The summed E-state index contributed by atoms with van der Waals surface area (Å²) in [5, 5.41) is 32.2. The molecule has 2 aliphatic heterocycles. The van der Waals surface area contributed by atoms with Crippen LogP contribution in [0, 0.1) is 11.8 Å². The second kappa shape index (κ2) is 15.0. The third-order valence-corrected chi connectivity index (χ3v) is 9.02. The zero-order valence-corrected chi connectivity index (χ0v) is 26.8. The zero-order valence-electron chi connectivity index (χ0n) is 26.8. The first-order chi connectivity index (χ1) is 21.7. The first kappa shape index (κ1) is 32.6. The van der Waals surface area contributed by atoms with Crippen LogP contribution in [-0.2, 0) is 16.6 Å². The molecule has 0 spiro atoms. The summed E-state index contributed by atoms with van der Waals surface area (Å²) in [6, 6.07) is 10.6. The van der Waals surface area contributed by atoms with E-state index in [1.165, 1.54) is 17.7 Å². The third kappa shape index (κ3) is 8.11. The average Bonchev–Trinajstić information content (AvgIpc) is 3.77. The lowest BCUT2D eigenvalue weighted by molar-refractivity contribution is -0.141. The van der Waals surface area contributed by atoms with Crippen molar-refractivity contribution in [2.24, 2.45) is 18.9 Å². The fourth-order valence-corrected chi connectivity index (χ4v) is 6.40. The summed E-state index contributed by atoms with van der Waals surface area (Å²) in [6.07, 6.45) is 3.56. The number of anilines is 1. The lowest BCUT2D eigenvalue weighted by atomic mass is 9.91. The van der Waals surface area contributed by atoms with Crippen molar-refractivity contribution in [3.63, 3.8) is 0 Å². The lowest BCUT2D eigenvalue weighted by Gasteiger charge is -2.29. The van der Waals surface area contributed by atoms with E-state index in [9.17, 15) is 14.7 Å². The lowest BCUT2D eigenvalue weighted by Crippen LogP contribution is -2.48. The van der Waals surface area contributed by atoms with E-state index in [1.54, 1.807) is 12.3 Å². The van der Waals surface area contributed by atoms with Crippen LogP contribution in [-0.4, -0.2) is 88.2 Å². The summed E-state index contributed by atoms with van der Waals surface area (Å²) >= 11 is 0. The summed E-state index contributed by atoms with van der Waals surface area (Å²) in [4.78, 5) is 29.0. The molecular weight excluding hydrogens is 572 g/mol. The topological polar surface area (TPSA) is 150 Å². The second-order valence-electron chi connectivity index (χ2n) is 12.7. The van der Waals surface area contributed by atoms with Gasteiger partial charge in [-0.25, -0.2) is 0 Å². The Morgan fingerprint density at radius 3 is 2.56 bits per heavy atom. The number of likely N-dealkylation sites (tertiary alicyclic amines) is 1. The minimum absolute atomic E-state index is 0.0931. The molecule has 0 saturated carbocycles. The van der Waals surface area contributed by atoms with Crippen molar-refractivity contribution < 1.29 is 19.2 Å². The van der Waals surface area contributed by atoms with E-state index in [4.69, 9.17) is 4.52 Å². The Labute approximate surface area is 265 Å². The molecule has 2 aromatic heterocycles. The maximum absolute atomic E-state index is 13.9. The Balaban J connectivity index is 1.17. The van der Waals surface area contributed by atoms with Gasteiger partial charge in [0, 0.05) is 45.4 Å². The molecule has 0 bridgehead atoms. The van der Waals surface area contributed by atoms with Gasteiger partial charge in [0.05, 0.1) is 17.8 Å². The van der Waals surface area contributed by atoms with Crippen LogP contribution in [0.5, 0.6) is 0 Å². The SMILES string of the molecule is CC(C)[C@@H](C(=O)N1C[C@H](O)C[C@H]1C(=O)N[C@@H](C)c1ccc(-c2ccnn2C)cc1)c1cc(NCCNCC2CCNCC2)no1. The average molecular weight is 621 g/mol. The molecule has 2 fully saturated rings. The Kier molecular flexibility index (Phi) is 10.9. The number of aromatic nitrogens is 3. The number of β-amino-alcohol motifs (C(OH)–C–C–N with tert-alkyl or cyclic N) is 1. The molecule has 0 unspecified atom stereocenters. The van der Waals surface area contributed by atoms with Gasteiger partial charge >= 0.3 is 0 Å². The predicted octanol–water partition coefficient (Wildman–Crippen LogP) is 2.66. The predicted molar refractivity (Wildman–Crippen MR) is 172 cm³/mol. The number of amides is 2. The Morgan fingerprint density at radius 1 is 1.11 bits per heavy atom. The molecule has 2 amide bonds. The zero-order chi connectivity index (χ0) is 31.9. The maximum atomic E-state index is 13.9. The quantitative estimate of drug-likeness (QED) is 0.182. The highest BCUT2D eigenvalue weighted by atomic mass is 16.5. The molecule has 4 atom stereocenters. The fourth-order valence-electron chi connectivity index (χ4n) is 6.40. The van der Waals surface area contributed by atoms with Gasteiger partial charge in [0.2, 0.25) is 11.8 Å². The number of piperidine rings is 1. The largest absolute Gasteiger partial charge is 0.391 e. The number of carbonyl (C=O) groups is 2. The Morgan fingerprint density at radius 2 is 1.87 bits per heavy atom. The molecule has 0 aliphatic carbocycles. The van der Waals surface area contributed by atoms with Crippen molar-refractivity contribution in [3.8, 4) is 11.3 Å². The number of aliphatic hydroxyl groups excluding tert-OH is 1. The smallest absolute Gasteiger partial charge is 0.243 e. The van der Waals surface area contributed by atoms with Crippen LogP contribution in [0.3, 0.4) is 0 Å². The van der Waals surface area contributed by atoms with E-state index in [1.807, 2.05) is 62.8 Å². The maximum Gasteiger partial charge on any atom is 0.243 e. The summed E-state index contributed by atoms with van der Waals surface area (Å²) < 4.78 is 7.47. The summed E-state index contributed by atoms with van der Waals surface area (Å²) in [6.45, 7) is 10.6. The van der Waals surface area contributed by atoms with Gasteiger partial charge in [-0.3, -0.25) is 14.3 Å². The highest BCUT2D eigenvalue weighted by Crippen LogP contribution is 2.32. The fraction of sp³-hybridized carbons (Fsp3) is 0.576. The standard InChI is InChI=1S/C33H48N8O4/c1-21(2)31(29-18-30(39-45-29)36-16-15-35-19-23-9-12-34-13-10-23)33(44)41-20-26(42)17-28(41)32(43)38-22(3)24-5-7-25(8-6-24)27-11-14-37-40(27)4/h5-8,11,14,18,21-23,26,28,31,34-35,42H,9-10,12-13,15-17,19-20H2,1-4H3,(H,36,39)(H,38,43)/t22-,26+,28-,31+/m0/s1. The van der Waals surface area contributed by atoms with Crippen LogP contribution in [0.15, 0.2) is 47.1 Å². The van der Waals surface area contributed by atoms with Crippen molar-refractivity contribution in [2.75, 3.05) is 44.6 Å².